The molecule has 1 amide bonds. The molecule has 0 bridgehead atoms. The van der Waals surface area contributed by atoms with E-state index in [1.165, 1.54) is 22.7 Å². The van der Waals surface area contributed by atoms with Gasteiger partial charge in [0.25, 0.3) is 5.91 Å². The third-order valence-corrected chi connectivity index (χ3v) is 6.05. The highest BCUT2D eigenvalue weighted by molar-refractivity contribution is 8.26. The average molecular weight is 470 g/mol. The zero-order valence-corrected chi connectivity index (χ0v) is 18.9. The molecule has 1 aliphatic rings. The molecule has 2 aromatic carbocycles. The molecule has 0 spiro atoms. The summed E-state index contributed by atoms with van der Waals surface area (Å²) in [5.41, 5.74) is 1.23. The van der Waals surface area contributed by atoms with E-state index in [9.17, 15) is 9.18 Å². The van der Waals surface area contributed by atoms with Crippen molar-refractivity contribution in [3.63, 3.8) is 0 Å². The van der Waals surface area contributed by atoms with Crippen molar-refractivity contribution in [3.8, 4) is 11.5 Å². The molecular formula is C24H20FNO4S2. The van der Waals surface area contributed by atoms with Gasteiger partial charge in [-0.2, -0.15) is 0 Å². The van der Waals surface area contributed by atoms with Gasteiger partial charge in [0, 0.05) is 5.56 Å². The molecule has 32 heavy (non-hydrogen) atoms. The standard InChI is InChI=1S/C24H20FNO4S2/c1-2-28-21-12-16(9-10-20(21)30-15-17-6-3-4-8-19(17)25)13-22-23(27)26(24(31)32-22)14-18-7-5-11-29-18/h3-13H,2,14-15H2,1H3. The lowest BCUT2D eigenvalue weighted by molar-refractivity contribution is -0.122. The summed E-state index contributed by atoms with van der Waals surface area (Å²) < 4.78 is 31.2. The third-order valence-electron chi connectivity index (χ3n) is 4.67. The maximum atomic E-state index is 13.9. The number of thiocarbonyl (C=S) groups is 1. The lowest BCUT2D eigenvalue weighted by Gasteiger charge is -2.13. The number of ether oxygens (including phenoxy) is 2. The van der Waals surface area contributed by atoms with Gasteiger partial charge in [-0.3, -0.25) is 9.69 Å². The maximum Gasteiger partial charge on any atom is 0.266 e. The minimum atomic E-state index is -0.321. The van der Waals surface area contributed by atoms with Gasteiger partial charge in [-0.05, 0) is 48.9 Å². The zero-order chi connectivity index (χ0) is 22.5. The second kappa shape index (κ2) is 10.0. The highest BCUT2D eigenvalue weighted by Gasteiger charge is 2.32. The Labute approximate surface area is 194 Å². The van der Waals surface area contributed by atoms with Gasteiger partial charge in [0.2, 0.25) is 0 Å². The van der Waals surface area contributed by atoms with Crippen LogP contribution in [0.2, 0.25) is 0 Å². The normalized spacial score (nSPS) is 14.9. The van der Waals surface area contributed by atoms with Crippen molar-refractivity contribution in [3.05, 3.63) is 88.5 Å². The maximum absolute atomic E-state index is 13.9. The van der Waals surface area contributed by atoms with Crippen molar-refractivity contribution in [2.75, 3.05) is 6.61 Å². The number of halogens is 1. The van der Waals surface area contributed by atoms with Crippen LogP contribution in [-0.2, 0) is 17.9 Å². The summed E-state index contributed by atoms with van der Waals surface area (Å²) in [6, 6.07) is 15.4. The molecule has 3 aromatic rings. The molecule has 1 saturated heterocycles. The molecule has 0 atom stereocenters. The Kier molecular flexibility index (Phi) is 6.92. The summed E-state index contributed by atoms with van der Waals surface area (Å²) in [6.45, 7) is 2.68. The van der Waals surface area contributed by atoms with Crippen LogP contribution in [0.25, 0.3) is 6.08 Å². The van der Waals surface area contributed by atoms with Crippen LogP contribution in [0, 0.1) is 5.82 Å². The summed E-state index contributed by atoms with van der Waals surface area (Å²) in [4.78, 5) is 14.9. The topological polar surface area (TPSA) is 51.9 Å². The number of nitrogens with zero attached hydrogens (tertiary/aromatic N) is 1. The average Bonchev–Trinajstić information content (AvgIpc) is 3.39. The fourth-order valence-corrected chi connectivity index (χ4v) is 4.37. The van der Waals surface area contributed by atoms with Crippen LogP contribution in [0.15, 0.2) is 70.2 Å². The van der Waals surface area contributed by atoms with Gasteiger partial charge in [0.15, 0.2) is 11.5 Å². The van der Waals surface area contributed by atoms with E-state index in [0.717, 1.165) is 5.56 Å². The summed E-state index contributed by atoms with van der Waals surface area (Å²) >= 11 is 6.62. The number of thioether (sulfide) groups is 1. The lowest BCUT2D eigenvalue weighted by Crippen LogP contribution is -2.27. The molecule has 2 heterocycles. The van der Waals surface area contributed by atoms with E-state index < -0.39 is 0 Å². The molecular weight excluding hydrogens is 449 g/mol. The van der Waals surface area contributed by atoms with E-state index in [2.05, 4.69) is 0 Å². The Morgan fingerprint density at radius 1 is 1.12 bits per heavy atom. The van der Waals surface area contributed by atoms with Gasteiger partial charge >= 0.3 is 0 Å². The first-order valence-corrected chi connectivity index (χ1v) is 11.2. The van der Waals surface area contributed by atoms with Crippen molar-refractivity contribution in [1.29, 1.82) is 0 Å². The van der Waals surface area contributed by atoms with Crippen molar-refractivity contribution < 1.29 is 23.1 Å². The number of benzene rings is 2. The summed E-state index contributed by atoms with van der Waals surface area (Å²) in [5.74, 6) is 1.19. The monoisotopic (exact) mass is 469 g/mol. The SMILES string of the molecule is CCOc1cc(C=C2SC(=S)N(Cc3ccco3)C2=O)ccc1OCc1ccccc1F. The quantitative estimate of drug-likeness (QED) is 0.307. The number of carbonyl (C=O) groups excluding carboxylic acids is 1. The highest BCUT2D eigenvalue weighted by atomic mass is 32.2. The smallest absolute Gasteiger partial charge is 0.266 e. The molecule has 1 fully saturated rings. The molecule has 4 rings (SSSR count). The molecule has 0 N–H and O–H groups in total. The zero-order valence-electron chi connectivity index (χ0n) is 17.2. The fraction of sp³-hybridized carbons (Fsp3) is 0.167. The van der Waals surface area contributed by atoms with E-state index in [-0.39, 0.29) is 18.3 Å². The molecule has 1 aromatic heterocycles. The molecule has 1 aliphatic heterocycles. The Hall–Kier alpha value is -3.10. The summed E-state index contributed by atoms with van der Waals surface area (Å²) in [6.07, 6.45) is 3.33. The number of hydrogen-bond donors (Lipinski definition) is 0. The van der Waals surface area contributed by atoms with Crippen LogP contribution in [0.3, 0.4) is 0 Å². The second-order valence-corrected chi connectivity index (χ2v) is 8.54. The summed E-state index contributed by atoms with van der Waals surface area (Å²) in [7, 11) is 0. The Morgan fingerprint density at radius 2 is 1.97 bits per heavy atom. The third kappa shape index (κ3) is 5.03. The van der Waals surface area contributed by atoms with E-state index in [0.29, 0.717) is 45.2 Å². The van der Waals surface area contributed by atoms with E-state index in [1.54, 1.807) is 54.8 Å². The molecule has 0 unspecified atom stereocenters. The van der Waals surface area contributed by atoms with Gasteiger partial charge in [-0.1, -0.05) is 48.2 Å². The first kappa shape index (κ1) is 22.1. The van der Waals surface area contributed by atoms with Crippen molar-refractivity contribution in [1.82, 2.24) is 4.90 Å². The van der Waals surface area contributed by atoms with Crippen LogP contribution in [0.4, 0.5) is 4.39 Å². The lowest BCUT2D eigenvalue weighted by atomic mass is 10.1. The minimum absolute atomic E-state index is 0.0809. The van der Waals surface area contributed by atoms with Gasteiger partial charge < -0.3 is 13.9 Å². The van der Waals surface area contributed by atoms with Crippen LogP contribution in [-0.4, -0.2) is 21.7 Å². The van der Waals surface area contributed by atoms with Gasteiger partial charge in [-0.15, -0.1) is 0 Å². The van der Waals surface area contributed by atoms with Gasteiger partial charge in [0.05, 0.1) is 24.3 Å². The summed E-state index contributed by atoms with van der Waals surface area (Å²) in [5, 5.41) is 0. The Balaban J connectivity index is 1.51. The number of furan rings is 1. The molecule has 0 aliphatic carbocycles. The van der Waals surface area contributed by atoms with E-state index in [1.807, 2.05) is 13.0 Å². The Morgan fingerprint density at radius 3 is 2.72 bits per heavy atom. The van der Waals surface area contributed by atoms with Crippen LogP contribution < -0.4 is 9.47 Å². The largest absolute Gasteiger partial charge is 0.490 e. The predicted octanol–water partition coefficient (Wildman–Crippen LogP) is 5.80. The highest BCUT2D eigenvalue weighted by Crippen LogP contribution is 2.36. The number of rotatable bonds is 8. The molecule has 5 nitrogen and oxygen atoms in total. The van der Waals surface area contributed by atoms with Crippen LogP contribution in [0.1, 0.15) is 23.8 Å². The molecule has 0 saturated carbocycles. The number of amides is 1. The first-order valence-electron chi connectivity index (χ1n) is 9.96. The van der Waals surface area contributed by atoms with E-state index >= 15 is 0 Å². The molecule has 0 radical (unpaired) electrons. The van der Waals surface area contributed by atoms with Crippen molar-refractivity contribution in [2.45, 2.75) is 20.1 Å². The minimum Gasteiger partial charge on any atom is -0.490 e. The molecule has 164 valence electrons. The number of carbonyl (C=O) groups is 1. The molecule has 8 heteroatoms. The fourth-order valence-electron chi connectivity index (χ4n) is 3.12. The second-order valence-electron chi connectivity index (χ2n) is 6.87. The van der Waals surface area contributed by atoms with Gasteiger partial charge in [-0.25, -0.2) is 4.39 Å². The van der Waals surface area contributed by atoms with Gasteiger partial charge in [0.1, 0.15) is 22.5 Å². The predicted molar refractivity (Wildman–Crippen MR) is 126 cm³/mol. The van der Waals surface area contributed by atoms with Crippen molar-refractivity contribution >= 4 is 40.3 Å². The van der Waals surface area contributed by atoms with Crippen LogP contribution >= 0.6 is 24.0 Å². The van der Waals surface area contributed by atoms with E-state index in [4.69, 9.17) is 26.1 Å². The number of hydrogen-bond acceptors (Lipinski definition) is 6. The van der Waals surface area contributed by atoms with Crippen LogP contribution in [0.5, 0.6) is 11.5 Å². The Bertz CT molecular complexity index is 1160. The van der Waals surface area contributed by atoms with Crippen molar-refractivity contribution in [2.24, 2.45) is 0 Å². The first-order chi connectivity index (χ1) is 15.5.